The van der Waals surface area contributed by atoms with Gasteiger partial charge in [-0.25, -0.2) is 0 Å². The highest BCUT2D eigenvalue weighted by molar-refractivity contribution is 7.80. The first-order valence-electron chi connectivity index (χ1n) is 12.0. The van der Waals surface area contributed by atoms with Crippen LogP contribution in [0.25, 0.3) is 0 Å². The van der Waals surface area contributed by atoms with Gasteiger partial charge in [-0.1, -0.05) is 39.5 Å². The Morgan fingerprint density at radius 1 is 0.900 bits per heavy atom. The molecule has 3 aliphatic rings. The molecule has 0 spiro atoms. The van der Waals surface area contributed by atoms with Gasteiger partial charge >= 0.3 is 0 Å². The molecule has 3 fully saturated rings. The Kier molecular flexibility index (Phi) is 7.28. The van der Waals surface area contributed by atoms with E-state index >= 15 is 0 Å². The molecule has 1 aromatic heterocycles. The first-order chi connectivity index (χ1) is 14.6. The summed E-state index contributed by atoms with van der Waals surface area (Å²) >= 11 is 5.65. The molecule has 1 aliphatic carbocycles. The van der Waals surface area contributed by atoms with Crippen molar-refractivity contribution < 1.29 is 0 Å². The summed E-state index contributed by atoms with van der Waals surface area (Å²) in [6, 6.07) is 2.65. The maximum atomic E-state index is 5.65. The van der Waals surface area contributed by atoms with E-state index < -0.39 is 0 Å². The fraction of sp³-hybridized carbons (Fsp3) is 0.783. The quantitative estimate of drug-likeness (QED) is 0.536. The van der Waals surface area contributed by atoms with Crippen LogP contribution in [0.3, 0.4) is 0 Å². The molecule has 1 aromatic rings. The highest BCUT2D eigenvalue weighted by Crippen LogP contribution is 2.29. The predicted molar refractivity (Wildman–Crippen MR) is 129 cm³/mol. The second-order valence-corrected chi connectivity index (χ2v) is 10.1. The Hall–Kier alpha value is -1.63. The Morgan fingerprint density at radius 2 is 1.50 bits per heavy atom. The van der Waals surface area contributed by atoms with Gasteiger partial charge in [-0.3, -0.25) is 0 Å². The maximum absolute atomic E-state index is 5.65. The number of thiocarbonyl (C=S) groups is 1. The van der Waals surface area contributed by atoms with E-state index in [1.54, 1.807) is 0 Å². The Bertz CT molecular complexity index is 702. The summed E-state index contributed by atoms with van der Waals surface area (Å²) in [4.78, 5) is 14.6. The van der Waals surface area contributed by atoms with E-state index in [0.29, 0.717) is 28.9 Å². The molecule has 7 heteroatoms. The number of nitrogens with zero attached hydrogens (tertiary/aromatic N) is 4. The van der Waals surface area contributed by atoms with Crippen molar-refractivity contribution in [3.8, 4) is 0 Å². The van der Waals surface area contributed by atoms with Gasteiger partial charge in [0.1, 0.15) is 11.6 Å². The lowest BCUT2D eigenvalue weighted by Crippen LogP contribution is -2.40. The Balaban J connectivity index is 1.50. The molecule has 4 rings (SSSR count). The van der Waals surface area contributed by atoms with Crippen LogP contribution < -0.4 is 20.4 Å². The van der Waals surface area contributed by atoms with Crippen LogP contribution in [-0.2, 0) is 0 Å². The minimum atomic E-state index is 0.470. The van der Waals surface area contributed by atoms with Crippen molar-refractivity contribution in [3.63, 3.8) is 0 Å². The van der Waals surface area contributed by atoms with Gasteiger partial charge in [-0.2, -0.15) is 9.97 Å². The van der Waals surface area contributed by atoms with Crippen LogP contribution in [0, 0.1) is 11.8 Å². The molecule has 2 N–H and O–H groups in total. The molecule has 2 unspecified atom stereocenters. The maximum Gasteiger partial charge on any atom is 0.232 e. The molecule has 2 atom stereocenters. The van der Waals surface area contributed by atoms with E-state index in [4.69, 9.17) is 22.2 Å². The van der Waals surface area contributed by atoms with Gasteiger partial charge in [0.05, 0.1) is 0 Å². The van der Waals surface area contributed by atoms with Crippen molar-refractivity contribution in [1.82, 2.24) is 15.3 Å². The van der Waals surface area contributed by atoms with Gasteiger partial charge in [-0.15, -0.1) is 0 Å². The monoisotopic (exact) mass is 430 g/mol. The van der Waals surface area contributed by atoms with Gasteiger partial charge in [0, 0.05) is 38.3 Å². The zero-order chi connectivity index (χ0) is 20.9. The summed E-state index contributed by atoms with van der Waals surface area (Å²) in [5.74, 6) is 4.07. The number of rotatable bonds is 4. The minimum Gasteiger partial charge on any atom is -0.360 e. The van der Waals surface area contributed by atoms with E-state index in [2.05, 4.69) is 40.3 Å². The summed E-state index contributed by atoms with van der Waals surface area (Å²) in [6.07, 6.45) is 11.4. The molecule has 0 amide bonds. The summed E-state index contributed by atoms with van der Waals surface area (Å²) in [7, 11) is 0. The Labute approximate surface area is 187 Å². The third kappa shape index (κ3) is 5.74. The molecule has 2 aliphatic heterocycles. The second kappa shape index (κ2) is 10.1. The van der Waals surface area contributed by atoms with Gasteiger partial charge in [-0.05, 0) is 56.2 Å². The second-order valence-electron chi connectivity index (χ2n) is 9.74. The summed E-state index contributed by atoms with van der Waals surface area (Å²) in [6.45, 7) is 8.96. The van der Waals surface area contributed by atoms with Crippen LogP contribution >= 0.6 is 12.2 Å². The molecule has 2 saturated heterocycles. The lowest BCUT2D eigenvalue weighted by atomic mass is 9.92. The fourth-order valence-electron chi connectivity index (χ4n) is 5.34. The number of nitrogens with one attached hydrogen (secondary N) is 2. The van der Waals surface area contributed by atoms with Crippen LogP contribution in [0.4, 0.5) is 17.6 Å². The molecule has 166 valence electrons. The fourth-order valence-corrected chi connectivity index (χ4v) is 5.60. The minimum absolute atomic E-state index is 0.470. The molecular formula is C23H38N6S. The van der Waals surface area contributed by atoms with Crippen molar-refractivity contribution >= 4 is 34.9 Å². The van der Waals surface area contributed by atoms with Gasteiger partial charge < -0.3 is 20.4 Å². The smallest absolute Gasteiger partial charge is 0.232 e. The van der Waals surface area contributed by atoms with Gasteiger partial charge in [0.25, 0.3) is 0 Å². The third-order valence-electron chi connectivity index (χ3n) is 6.74. The molecule has 0 radical (unpaired) electrons. The number of aromatic nitrogens is 2. The molecular weight excluding hydrogens is 392 g/mol. The largest absolute Gasteiger partial charge is 0.360 e. The summed E-state index contributed by atoms with van der Waals surface area (Å²) < 4.78 is 0. The van der Waals surface area contributed by atoms with Crippen molar-refractivity contribution in [2.75, 3.05) is 41.3 Å². The molecule has 1 saturated carbocycles. The first kappa shape index (κ1) is 21.6. The average Bonchev–Trinajstić information content (AvgIpc) is 3.13. The lowest BCUT2D eigenvalue weighted by molar-refractivity contribution is 0.355. The van der Waals surface area contributed by atoms with Gasteiger partial charge in [0.15, 0.2) is 5.11 Å². The normalized spacial score (nSPS) is 25.8. The topological polar surface area (TPSA) is 56.3 Å². The van der Waals surface area contributed by atoms with Crippen LogP contribution in [0.1, 0.15) is 71.6 Å². The van der Waals surface area contributed by atoms with Crippen molar-refractivity contribution in [2.45, 2.75) is 77.7 Å². The molecule has 0 aromatic carbocycles. The van der Waals surface area contributed by atoms with Crippen LogP contribution in [0.2, 0.25) is 0 Å². The molecule has 30 heavy (non-hydrogen) atoms. The lowest BCUT2D eigenvalue weighted by Gasteiger charge is -2.36. The number of hydrogen-bond donors (Lipinski definition) is 2. The highest BCUT2D eigenvalue weighted by Gasteiger charge is 2.25. The van der Waals surface area contributed by atoms with E-state index in [-0.39, 0.29) is 0 Å². The van der Waals surface area contributed by atoms with Crippen LogP contribution in [-0.4, -0.2) is 47.3 Å². The molecule has 6 nitrogen and oxygen atoms in total. The van der Waals surface area contributed by atoms with Crippen LogP contribution in [0.5, 0.6) is 0 Å². The number of anilines is 3. The molecule has 3 heterocycles. The van der Waals surface area contributed by atoms with E-state index in [0.717, 1.165) is 37.8 Å². The van der Waals surface area contributed by atoms with Crippen molar-refractivity contribution in [2.24, 2.45) is 11.8 Å². The molecule has 0 bridgehead atoms. The third-order valence-corrected chi connectivity index (χ3v) is 6.96. The standard InChI is InChI=1S/C23H38N6S/c1-17-13-18(2)16-29(15-17)21-14-20(28-11-7-8-12-28)25-22(26-21)27-23(30)24-19-9-5-3-4-6-10-19/h14,17-19H,3-13,15-16H2,1-2H3,(H2,24,25,26,27,30). The number of piperidine rings is 1. The highest BCUT2D eigenvalue weighted by atomic mass is 32.1. The number of hydrogen-bond acceptors (Lipinski definition) is 5. The average molecular weight is 431 g/mol. The Morgan fingerprint density at radius 3 is 2.13 bits per heavy atom. The van der Waals surface area contributed by atoms with E-state index in [9.17, 15) is 0 Å². The van der Waals surface area contributed by atoms with Crippen LogP contribution in [0.15, 0.2) is 6.07 Å². The van der Waals surface area contributed by atoms with E-state index in [1.807, 2.05) is 0 Å². The summed E-state index contributed by atoms with van der Waals surface area (Å²) in [5, 5.41) is 7.50. The van der Waals surface area contributed by atoms with Gasteiger partial charge in [0.2, 0.25) is 5.95 Å². The SMILES string of the molecule is CC1CC(C)CN(c2cc(N3CCCC3)nc(NC(=S)NC3CCCCCC3)n2)C1. The predicted octanol–water partition coefficient (Wildman–Crippen LogP) is 4.57. The van der Waals surface area contributed by atoms with Crippen molar-refractivity contribution in [1.29, 1.82) is 0 Å². The zero-order valence-corrected chi connectivity index (χ0v) is 19.5. The van der Waals surface area contributed by atoms with E-state index in [1.165, 1.54) is 57.8 Å². The zero-order valence-electron chi connectivity index (χ0n) is 18.7. The summed E-state index contributed by atoms with van der Waals surface area (Å²) in [5.41, 5.74) is 0. The van der Waals surface area contributed by atoms with Crippen molar-refractivity contribution in [3.05, 3.63) is 6.07 Å². The first-order valence-corrected chi connectivity index (χ1v) is 12.4.